The number of hydrogen-bond donors (Lipinski definition) is 3. The number of hydrogen-bond acceptors (Lipinski definition) is 7. The van der Waals surface area contributed by atoms with Gasteiger partial charge in [-0.05, 0) is 43.5 Å². The Morgan fingerprint density at radius 3 is 2.61 bits per heavy atom. The zero-order chi connectivity index (χ0) is 23.3. The Bertz CT molecular complexity index is 999. The Kier molecular flexibility index (Phi) is 6.99. The Morgan fingerprint density at radius 1 is 1.12 bits per heavy atom. The van der Waals surface area contributed by atoms with Gasteiger partial charge in [0.1, 0.15) is 5.69 Å². The third-order valence-corrected chi connectivity index (χ3v) is 6.08. The lowest BCUT2D eigenvalue weighted by molar-refractivity contribution is -0.127. The summed E-state index contributed by atoms with van der Waals surface area (Å²) in [4.78, 5) is 35.2. The first-order valence-electron chi connectivity index (χ1n) is 10.9. The van der Waals surface area contributed by atoms with Crippen LogP contribution >= 0.6 is 0 Å². The van der Waals surface area contributed by atoms with E-state index in [-0.39, 0.29) is 48.4 Å². The second-order valence-corrected chi connectivity index (χ2v) is 8.51. The molecule has 0 radical (unpaired) electrons. The molecule has 176 valence electrons. The van der Waals surface area contributed by atoms with Gasteiger partial charge in [0.25, 0.3) is 0 Å². The zero-order valence-electron chi connectivity index (χ0n) is 18.2. The first kappa shape index (κ1) is 22.9. The number of amides is 2. The summed E-state index contributed by atoms with van der Waals surface area (Å²) in [5.41, 5.74) is 1.49. The largest absolute Gasteiger partial charge is 0.478 e. The molecule has 2 amide bonds. The van der Waals surface area contributed by atoms with Crippen LogP contribution in [0.4, 0.5) is 0 Å². The minimum absolute atomic E-state index is 0.120. The number of carbonyl (C=O) groups is 3. The van der Waals surface area contributed by atoms with Crippen LogP contribution in [0.3, 0.4) is 0 Å². The van der Waals surface area contributed by atoms with E-state index in [1.807, 2.05) is 0 Å². The van der Waals surface area contributed by atoms with E-state index in [0.29, 0.717) is 18.0 Å². The molecule has 0 bridgehead atoms. The van der Waals surface area contributed by atoms with Gasteiger partial charge in [-0.1, -0.05) is 5.21 Å². The molecule has 1 spiro atoms. The van der Waals surface area contributed by atoms with Gasteiger partial charge in [-0.3, -0.25) is 9.59 Å². The first-order valence-corrected chi connectivity index (χ1v) is 10.9. The summed E-state index contributed by atoms with van der Waals surface area (Å²) >= 11 is 0. The van der Waals surface area contributed by atoms with E-state index in [1.165, 1.54) is 16.8 Å². The maximum atomic E-state index is 12.2. The maximum Gasteiger partial charge on any atom is 0.335 e. The van der Waals surface area contributed by atoms with Crippen molar-refractivity contribution in [3.63, 3.8) is 0 Å². The van der Waals surface area contributed by atoms with Gasteiger partial charge in [0.2, 0.25) is 11.8 Å². The molecule has 11 heteroatoms. The molecule has 0 aliphatic carbocycles. The van der Waals surface area contributed by atoms with Gasteiger partial charge in [-0.25, -0.2) is 9.48 Å². The lowest BCUT2D eigenvalue weighted by Gasteiger charge is -2.31. The van der Waals surface area contributed by atoms with Crippen molar-refractivity contribution in [1.29, 1.82) is 0 Å². The molecule has 3 heterocycles. The summed E-state index contributed by atoms with van der Waals surface area (Å²) in [5.74, 6) is -1.55. The van der Waals surface area contributed by atoms with Crippen LogP contribution in [0, 0.1) is 5.41 Å². The quantitative estimate of drug-likeness (QED) is 0.525. The highest BCUT2D eigenvalue weighted by Crippen LogP contribution is 2.42. The van der Waals surface area contributed by atoms with Crippen LogP contribution < -0.4 is 10.6 Å². The molecule has 1 aromatic carbocycles. The molecule has 1 aromatic heterocycles. The summed E-state index contributed by atoms with van der Waals surface area (Å²) in [6.45, 7) is 2.17. The predicted molar refractivity (Wildman–Crippen MR) is 115 cm³/mol. The summed E-state index contributed by atoms with van der Waals surface area (Å²) in [7, 11) is 0. The van der Waals surface area contributed by atoms with Gasteiger partial charge in [0.05, 0.1) is 49.7 Å². The smallest absolute Gasteiger partial charge is 0.335 e. The second-order valence-electron chi connectivity index (χ2n) is 8.51. The van der Waals surface area contributed by atoms with Gasteiger partial charge in [0.15, 0.2) is 0 Å². The number of nitrogens with one attached hydrogen (secondary N) is 2. The number of nitrogens with zero attached hydrogens (tertiary/aromatic N) is 3. The van der Waals surface area contributed by atoms with Crippen LogP contribution in [-0.2, 0) is 25.6 Å². The molecule has 0 saturated carbocycles. The van der Waals surface area contributed by atoms with E-state index >= 15 is 0 Å². The number of carboxylic acid groups (broad SMARTS) is 1. The zero-order valence-corrected chi connectivity index (χ0v) is 18.2. The standard InChI is InChI=1S/C22H27N5O6/c28-19(9-18-10-22(14-33-18)5-7-32-8-6-22)24-12-20(29)23-11-16-13-27(26-25-16)17-3-1-15(2-4-17)21(30)31/h1-4,13,18H,5-12,14H2,(H,23,29)(H,24,28)(H,30,31). The highest BCUT2D eigenvalue weighted by Gasteiger charge is 2.41. The van der Waals surface area contributed by atoms with Crippen molar-refractivity contribution in [2.24, 2.45) is 5.41 Å². The molecule has 3 N–H and O–H groups in total. The molecule has 2 aliphatic rings. The normalized spacial score (nSPS) is 19.3. The lowest BCUT2D eigenvalue weighted by Crippen LogP contribution is -2.37. The molecule has 2 aliphatic heterocycles. The second kappa shape index (κ2) is 10.1. The molecule has 1 atom stereocenters. The van der Waals surface area contributed by atoms with E-state index in [0.717, 1.165) is 32.5 Å². The monoisotopic (exact) mass is 457 g/mol. The molecule has 11 nitrogen and oxygen atoms in total. The van der Waals surface area contributed by atoms with Crippen molar-refractivity contribution in [3.05, 3.63) is 41.7 Å². The number of benzene rings is 1. The van der Waals surface area contributed by atoms with Gasteiger partial charge in [-0.2, -0.15) is 0 Å². The van der Waals surface area contributed by atoms with Gasteiger partial charge >= 0.3 is 5.97 Å². The van der Waals surface area contributed by atoms with Crippen molar-refractivity contribution in [1.82, 2.24) is 25.6 Å². The predicted octanol–water partition coefficient (Wildman–Crippen LogP) is 0.674. The highest BCUT2D eigenvalue weighted by molar-refractivity contribution is 5.87. The van der Waals surface area contributed by atoms with Crippen molar-refractivity contribution >= 4 is 17.8 Å². The Labute approximate surface area is 190 Å². The third kappa shape index (κ3) is 5.93. The molecule has 1 unspecified atom stereocenters. The van der Waals surface area contributed by atoms with Crippen LogP contribution in [-0.4, -0.2) is 70.4 Å². The van der Waals surface area contributed by atoms with Crippen LogP contribution in [0.15, 0.2) is 30.5 Å². The Balaban J connectivity index is 1.17. The molecule has 2 aromatic rings. The van der Waals surface area contributed by atoms with Crippen molar-refractivity contribution < 1.29 is 29.0 Å². The maximum absolute atomic E-state index is 12.2. The van der Waals surface area contributed by atoms with E-state index in [9.17, 15) is 14.4 Å². The fourth-order valence-corrected chi connectivity index (χ4v) is 4.15. The molecule has 4 rings (SSSR count). The van der Waals surface area contributed by atoms with Crippen LogP contribution in [0.5, 0.6) is 0 Å². The average molecular weight is 457 g/mol. The van der Waals surface area contributed by atoms with Crippen molar-refractivity contribution in [2.75, 3.05) is 26.4 Å². The lowest BCUT2D eigenvalue weighted by atomic mass is 9.78. The topological polar surface area (TPSA) is 145 Å². The van der Waals surface area contributed by atoms with Crippen LogP contribution in [0.2, 0.25) is 0 Å². The minimum Gasteiger partial charge on any atom is -0.478 e. The van der Waals surface area contributed by atoms with E-state index in [1.54, 1.807) is 18.3 Å². The van der Waals surface area contributed by atoms with Crippen LogP contribution in [0.1, 0.15) is 41.7 Å². The summed E-state index contributed by atoms with van der Waals surface area (Å²) < 4.78 is 12.7. The molecular formula is C22H27N5O6. The number of rotatable bonds is 8. The third-order valence-electron chi connectivity index (χ3n) is 6.08. The first-order chi connectivity index (χ1) is 15.9. The Hall–Kier alpha value is -3.31. The number of aromatic nitrogens is 3. The van der Waals surface area contributed by atoms with E-state index < -0.39 is 5.97 Å². The minimum atomic E-state index is -1.00. The number of aromatic carboxylic acids is 1. The highest BCUT2D eigenvalue weighted by atomic mass is 16.5. The molecular weight excluding hydrogens is 430 g/mol. The molecule has 33 heavy (non-hydrogen) atoms. The van der Waals surface area contributed by atoms with Crippen molar-refractivity contribution in [2.45, 2.75) is 38.3 Å². The fraction of sp³-hybridized carbons (Fsp3) is 0.500. The van der Waals surface area contributed by atoms with Gasteiger partial charge in [0, 0.05) is 18.6 Å². The number of carboxylic acids is 1. The SMILES string of the molecule is O=C(CNC(=O)CC1CC2(CCOCC2)CO1)NCc1cn(-c2ccc(C(=O)O)cc2)nn1. The number of ether oxygens (including phenoxy) is 2. The van der Waals surface area contributed by atoms with E-state index in [2.05, 4.69) is 20.9 Å². The van der Waals surface area contributed by atoms with E-state index in [4.69, 9.17) is 14.6 Å². The Morgan fingerprint density at radius 2 is 1.88 bits per heavy atom. The average Bonchev–Trinajstić information content (AvgIpc) is 3.44. The van der Waals surface area contributed by atoms with Gasteiger partial charge in [-0.15, -0.1) is 5.10 Å². The van der Waals surface area contributed by atoms with Crippen LogP contribution in [0.25, 0.3) is 5.69 Å². The summed E-state index contributed by atoms with van der Waals surface area (Å²) in [6.07, 6.45) is 4.54. The van der Waals surface area contributed by atoms with Crippen molar-refractivity contribution in [3.8, 4) is 5.69 Å². The summed E-state index contributed by atoms with van der Waals surface area (Å²) in [6, 6.07) is 6.19. The van der Waals surface area contributed by atoms with Gasteiger partial charge < -0.3 is 25.2 Å². The molecule has 2 fully saturated rings. The summed E-state index contributed by atoms with van der Waals surface area (Å²) in [5, 5.41) is 22.3. The fourth-order valence-electron chi connectivity index (χ4n) is 4.15. The number of carbonyl (C=O) groups excluding carboxylic acids is 2. The molecule has 2 saturated heterocycles.